The highest BCUT2D eigenvalue weighted by Crippen LogP contribution is 2.28. The molecular formula is C14H19NO2S. The van der Waals surface area contributed by atoms with Gasteiger partial charge in [-0.15, -0.1) is 0 Å². The second-order valence-electron chi connectivity index (χ2n) is 4.70. The van der Waals surface area contributed by atoms with Gasteiger partial charge in [-0.25, -0.2) is 4.79 Å². The second kappa shape index (κ2) is 6.25. The van der Waals surface area contributed by atoms with Crippen molar-refractivity contribution in [1.29, 1.82) is 0 Å². The molecule has 2 rings (SSSR count). The molecule has 1 saturated carbocycles. The van der Waals surface area contributed by atoms with Crippen molar-refractivity contribution in [1.82, 2.24) is 5.32 Å². The summed E-state index contributed by atoms with van der Waals surface area (Å²) >= 11 is 1.93. The Balaban J connectivity index is 1.93. The molecule has 0 saturated heterocycles. The fourth-order valence-electron chi connectivity index (χ4n) is 2.50. The van der Waals surface area contributed by atoms with Gasteiger partial charge in [0.2, 0.25) is 0 Å². The lowest BCUT2D eigenvalue weighted by atomic mass is 10.1. The third-order valence-electron chi connectivity index (χ3n) is 3.50. The molecule has 2 unspecified atom stereocenters. The predicted octanol–water partition coefficient (Wildman–Crippen LogP) is 2.76. The van der Waals surface area contributed by atoms with Crippen molar-refractivity contribution in [2.45, 2.75) is 37.1 Å². The quantitative estimate of drug-likeness (QED) is 0.859. The van der Waals surface area contributed by atoms with Crippen LogP contribution in [0.25, 0.3) is 0 Å². The summed E-state index contributed by atoms with van der Waals surface area (Å²) in [5.41, 5.74) is 1.41. The number of benzene rings is 1. The fourth-order valence-corrected chi connectivity index (χ4v) is 3.47. The Morgan fingerprint density at radius 1 is 1.50 bits per heavy atom. The highest BCUT2D eigenvalue weighted by molar-refractivity contribution is 7.99. The van der Waals surface area contributed by atoms with Crippen molar-refractivity contribution in [3.63, 3.8) is 0 Å². The van der Waals surface area contributed by atoms with Crippen LogP contribution in [0.3, 0.4) is 0 Å². The maximum atomic E-state index is 10.9. The summed E-state index contributed by atoms with van der Waals surface area (Å²) in [6.07, 6.45) is 5.96. The Kier molecular flexibility index (Phi) is 4.66. The van der Waals surface area contributed by atoms with Crippen LogP contribution < -0.4 is 5.32 Å². The van der Waals surface area contributed by atoms with Crippen LogP contribution in [0.4, 0.5) is 0 Å². The minimum Gasteiger partial charge on any atom is -0.478 e. The van der Waals surface area contributed by atoms with E-state index in [1.807, 2.05) is 17.8 Å². The van der Waals surface area contributed by atoms with E-state index in [4.69, 9.17) is 5.11 Å². The molecule has 1 fully saturated rings. The first kappa shape index (κ1) is 13.4. The third-order valence-corrected chi connectivity index (χ3v) is 4.67. The number of carboxylic acid groups (broad SMARTS) is 1. The van der Waals surface area contributed by atoms with Crippen LogP contribution in [0.2, 0.25) is 0 Å². The number of carboxylic acids is 1. The maximum absolute atomic E-state index is 10.9. The van der Waals surface area contributed by atoms with Gasteiger partial charge in [0.05, 0.1) is 5.56 Å². The fraction of sp³-hybridized carbons (Fsp3) is 0.500. The van der Waals surface area contributed by atoms with E-state index < -0.39 is 5.97 Å². The van der Waals surface area contributed by atoms with Crippen LogP contribution in [0.15, 0.2) is 24.3 Å². The van der Waals surface area contributed by atoms with Gasteiger partial charge < -0.3 is 10.4 Å². The van der Waals surface area contributed by atoms with E-state index >= 15 is 0 Å². The molecule has 0 amide bonds. The first-order chi connectivity index (χ1) is 8.70. The third kappa shape index (κ3) is 3.27. The van der Waals surface area contributed by atoms with Gasteiger partial charge in [0, 0.05) is 17.8 Å². The highest BCUT2D eigenvalue weighted by Gasteiger charge is 2.25. The van der Waals surface area contributed by atoms with Crippen molar-refractivity contribution in [2.75, 3.05) is 6.26 Å². The van der Waals surface area contributed by atoms with Crippen molar-refractivity contribution in [3.05, 3.63) is 35.4 Å². The van der Waals surface area contributed by atoms with Crippen LogP contribution in [0.1, 0.15) is 35.2 Å². The molecule has 0 bridgehead atoms. The summed E-state index contributed by atoms with van der Waals surface area (Å²) in [5.74, 6) is -0.861. The Morgan fingerprint density at radius 2 is 2.33 bits per heavy atom. The van der Waals surface area contributed by atoms with E-state index in [2.05, 4.69) is 11.6 Å². The number of rotatable bonds is 5. The summed E-state index contributed by atoms with van der Waals surface area (Å²) in [4.78, 5) is 10.9. The molecule has 1 aliphatic rings. The minimum absolute atomic E-state index is 0.363. The Hall–Kier alpha value is -1.00. The van der Waals surface area contributed by atoms with Crippen molar-refractivity contribution in [2.24, 2.45) is 0 Å². The van der Waals surface area contributed by atoms with Gasteiger partial charge in [0.25, 0.3) is 0 Å². The summed E-state index contributed by atoms with van der Waals surface area (Å²) in [6.45, 7) is 0.753. The van der Waals surface area contributed by atoms with Gasteiger partial charge in [-0.1, -0.05) is 18.6 Å². The minimum atomic E-state index is -0.861. The number of aromatic carboxylic acids is 1. The van der Waals surface area contributed by atoms with Crippen LogP contribution in [-0.2, 0) is 6.54 Å². The molecule has 1 aliphatic carbocycles. The number of nitrogens with one attached hydrogen (secondary N) is 1. The summed E-state index contributed by atoms with van der Waals surface area (Å²) in [7, 11) is 0. The molecule has 1 aromatic rings. The zero-order valence-corrected chi connectivity index (χ0v) is 11.4. The lowest BCUT2D eigenvalue weighted by Crippen LogP contribution is -2.33. The van der Waals surface area contributed by atoms with Crippen molar-refractivity contribution >= 4 is 17.7 Å². The van der Waals surface area contributed by atoms with Gasteiger partial charge in [-0.05, 0) is 36.8 Å². The Bertz CT molecular complexity index is 422. The molecule has 2 atom stereocenters. The molecule has 0 spiro atoms. The molecule has 0 aromatic heterocycles. The highest BCUT2D eigenvalue weighted by atomic mass is 32.2. The average Bonchev–Trinajstić information content (AvgIpc) is 2.84. The van der Waals surface area contributed by atoms with Gasteiger partial charge in [-0.2, -0.15) is 11.8 Å². The van der Waals surface area contributed by atoms with Gasteiger partial charge in [0.1, 0.15) is 0 Å². The standard InChI is InChI=1S/C14H19NO2S/c1-18-13-7-3-6-12(13)15-9-10-4-2-5-11(8-10)14(16)17/h2,4-5,8,12-13,15H,3,6-7,9H2,1H3,(H,16,17). The van der Waals surface area contributed by atoms with Crippen LogP contribution in [-0.4, -0.2) is 28.6 Å². The SMILES string of the molecule is CSC1CCCC1NCc1cccc(C(=O)O)c1. The number of hydrogen-bond acceptors (Lipinski definition) is 3. The molecule has 3 nitrogen and oxygen atoms in total. The zero-order valence-electron chi connectivity index (χ0n) is 10.6. The van der Waals surface area contributed by atoms with E-state index in [1.54, 1.807) is 18.2 Å². The Labute approximate surface area is 112 Å². The van der Waals surface area contributed by atoms with Gasteiger partial charge >= 0.3 is 5.97 Å². The van der Waals surface area contributed by atoms with Crippen LogP contribution >= 0.6 is 11.8 Å². The maximum Gasteiger partial charge on any atom is 0.335 e. The summed E-state index contributed by atoms with van der Waals surface area (Å²) in [6, 6.07) is 7.72. The summed E-state index contributed by atoms with van der Waals surface area (Å²) < 4.78 is 0. The second-order valence-corrected chi connectivity index (χ2v) is 5.77. The topological polar surface area (TPSA) is 49.3 Å². The van der Waals surface area contributed by atoms with E-state index in [1.165, 1.54) is 19.3 Å². The normalized spacial score (nSPS) is 23.2. The van der Waals surface area contributed by atoms with Gasteiger partial charge in [-0.3, -0.25) is 0 Å². The van der Waals surface area contributed by atoms with E-state index in [9.17, 15) is 4.79 Å². The number of thioether (sulfide) groups is 1. The molecule has 0 aliphatic heterocycles. The van der Waals surface area contributed by atoms with Gasteiger partial charge in [0.15, 0.2) is 0 Å². The van der Waals surface area contributed by atoms with E-state index in [0.717, 1.165) is 12.1 Å². The largest absolute Gasteiger partial charge is 0.478 e. The molecule has 0 radical (unpaired) electrons. The molecule has 1 aromatic carbocycles. The lowest BCUT2D eigenvalue weighted by Gasteiger charge is -2.19. The first-order valence-electron chi connectivity index (χ1n) is 6.29. The molecule has 18 heavy (non-hydrogen) atoms. The molecule has 2 N–H and O–H groups in total. The smallest absolute Gasteiger partial charge is 0.335 e. The molecule has 98 valence electrons. The van der Waals surface area contributed by atoms with E-state index in [-0.39, 0.29) is 0 Å². The van der Waals surface area contributed by atoms with E-state index in [0.29, 0.717) is 16.9 Å². The van der Waals surface area contributed by atoms with Crippen molar-refractivity contribution in [3.8, 4) is 0 Å². The Morgan fingerprint density at radius 3 is 3.06 bits per heavy atom. The predicted molar refractivity (Wildman–Crippen MR) is 75.2 cm³/mol. The zero-order chi connectivity index (χ0) is 13.0. The first-order valence-corrected chi connectivity index (χ1v) is 7.58. The average molecular weight is 265 g/mol. The molecular weight excluding hydrogens is 246 g/mol. The number of carbonyl (C=O) groups is 1. The molecule has 0 heterocycles. The summed E-state index contributed by atoms with van der Waals surface area (Å²) in [5, 5.41) is 13.2. The van der Waals surface area contributed by atoms with Crippen LogP contribution in [0.5, 0.6) is 0 Å². The van der Waals surface area contributed by atoms with Crippen molar-refractivity contribution < 1.29 is 9.90 Å². The monoisotopic (exact) mass is 265 g/mol. The number of hydrogen-bond donors (Lipinski definition) is 2. The van der Waals surface area contributed by atoms with Crippen LogP contribution in [0, 0.1) is 0 Å². The molecule has 4 heteroatoms. The lowest BCUT2D eigenvalue weighted by molar-refractivity contribution is 0.0696.